The number of nitrogens with zero attached hydrogens (tertiary/aromatic N) is 2. The van der Waals surface area contributed by atoms with Crippen LogP contribution in [-0.2, 0) is 12.8 Å². The Bertz CT molecular complexity index is 749. The van der Waals surface area contributed by atoms with Crippen LogP contribution in [0.3, 0.4) is 0 Å². The van der Waals surface area contributed by atoms with E-state index in [9.17, 15) is 0 Å². The molecular weight excluding hydrogens is 280 g/mol. The zero-order chi connectivity index (χ0) is 14.2. The predicted octanol–water partition coefficient (Wildman–Crippen LogP) is 3.66. The highest BCUT2D eigenvalue weighted by Gasteiger charge is 2.20. The van der Waals surface area contributed by atoms with Crippen LogP contribution >= 0.6 is 11.3 Å². The lowest BCUT2D eigenvalue weighted by Gasteiger charge is -2.08. The van der Waals surface area contributed by atoms with Gasteiger partial charge in [-0.25, -0.2) is 0 Å². The van der Waals surface area contributed by atoms with E-state index in [1.165, 1.54) is 41.0 Å². The first-order valence-corrected chi connectivity index (χ1v) is 8.02. The molecule has 0 aliphatic heterocycles. The highest BCUT2D eigenvalue weighted by Crippen LogP contribution is 2.40. The third-order valence-electron chi connectivity index (χ3n) is 3.96. The molecule has 0 atom stereocenters. The molecule has 4 rings (SSSR count). The minimum Gasteiger partial charge on any atom is -0.382 e. The molecule has 0 amide bonds. The average molecular weight is 296 g/mol. The maximum absolute atomic E-state index is 6.06. The number of pyridine rings is 1. The Labute approximate surface area is 127 Å². The van der Waals surface area contributed by atoms with Gasteiger partial charge in [0.2, 0.25) is 0 Å². The van der Waals surface area contributed by atoms with E-state index >= 15 is 0 Å². The van der Waals surface area contributed by atoms with Crippen LogP contribution in [0.5, 0.6) is 0 Å². The summed E-state index contributed by atoms with van der Waals surface area (Å²) in [6, 6.07) is 8.14. The number of thiophene rings is 1. The van der Waals surface area contributed by atoms with Gasteiger partial charge in [-0.2, -0.15) is 5.10 Å². The summed E-state index contributed by atoms with van der Waals surface area (Å²) in [6.07, 6.45) is 6.76. The summed E-state index contributed by atoms with van der Waals surface area (Å²) in [6.45, 7) is 0. The molecule has 0 unspecified atom stereocenters. The number of rotatable bonds is 2. The van der Waals surface area contributed by atoms with Crippen LogP contribution < -0.4 is 5.73 Å². The van der Waals surface area contributed by atoms with Crippen molar-refractivity contribution in [2.75, 3.05) is 5.73 Å². The topological polar surface area (TPSA) is 67.6 Å². The molecule has 3 heterocycles. The molecule has 3 aromatic rings. The zero-order valence-corrected chi connectivity index (χ0v) is 12.4. The Morgan fingerprint density at radius 3 is 2.90 bits per heavy atom. The van der Waals surface area contributed by atoms with Gasteiger partial charge >= 0.3 is 0 Å². The number of anilines is 1. The van der Waals surface area contributed by atoms with Crippen molar-refractivity contribution in [2.45, 2.75) is 25.7 Å². The van der Waals surface area contributed by atoms with Crippen molar-refractivity contribution in [1.82, 2.24) is 15.2 Å². The number of aryl methyl sites for hydroxylation is 2. The van der Waals surface area contributed by atoms with Crippen molar-refractivity contribution in [3.8, 4) is 21.8 Å². The number of nitrogens with one attached hydrogen (secondary N) is 1. The maximum Gasteiger partial charge on any atom is 0.155 e. The maximum atomic E-state index is 6.06. The van der Waals surface area contributed by atoms with Crippen molar-refractivity contribution in [3.63, 3.8) is 0 Å². The number of H-pyrrole nitrogens is 1. The Morgan fingerprint density at radius 1 is 1.19 bits per heavy atom. The van der Waals surface area contributed by atoms with E-state index in [1.54, 1.807) is 6.20 Å². The first kappa shape index (κ1) is 12.6. The van der Waals surface area contributed by atoms with Crippen LogP contribution in [0.2, 0.25) is 0 Å². The fourth-order valence-electron chi connectivity index (χ4n) is 2.92. The number of nitrogens with two attached hydrogens (primary N) is 1. The third kappa shape index (κ3) is 2.14. The van der Waals surface area contributed by atoms with Gasteiger partial charge < -0.3 is 5.73 Å². The van der Waals surface area contributed by atoms with Crippen LogP contribution in [0.1, 0.15) is 23.3 Å². The summed E-state index contributed by atoms with van der Waals surface area (Å²) in [5, 5.41) is 7.29. The fourth-order valence-corrected chi connectivity index (χ4v) is 4.17. The summed E-state index contributed by atoms with van der Waals surface area (Å²) in [5.74, 6) is 0.509. The summed E-state index contributed by atoms with van der Waals surface area (Å²) in [5.41, 5.74) is 10.3. The van der Waals surface area contributed by atoms with Gasteiger partial charge in [-0.05, 0) is 49.4 Å². The van der Waals surface area contributed by atoms with E-state index in [1.807, 2.05) is 29.5 Å². The SMILES string of the molecule is Nc1n[nH]c(-c2cc3c(s2)CCCC3)c1-c1ccccn1. The molecule has 1 aliphatic rings. The molecule has 3 aromatic heterocycles. The molecule has 0 aromatic carbocycles. The van der Waals surface area contributed by atoms with Gasteiger partial charge in [0.1, 0.15) is 0 Å². The second-order valence-electron chi connectivity index (χ2n) is 5.34. The average Bonchev–Trinajstić information content (AvgIpc) is 3.11. The van der Waals surface area contributed by atoms with Crippen LogP contribution in [0.25, 0.3) is 21.8 Å². The molecule has 0 fully saturated rings. The molecular formula is C16H16N4S. The molecule has 3 N–H and O–H groups in total. The highest BCUT2D eigenvalue weighted by molar-refractivity contribution is 7.15. The smallest absolute Gasteiger partial charge is 0.155 e. The minimum absolute atomic E-state index is 0.509. The normalized spacial score (nSPS) is 14.1. The van der Waals surface area contributed by atoms with E-state index < -0.39 is 0 Å². The van der Waals surface area contributed by atoms with Gasteiger partial charge in [-0.1, -0.05) is 6.07 Å². The second-order valence-corrected chi connectivity index (χ2v) is 6.48. The quantitative estimate of drug-likeness (QED) is 0.758. The van der Waals surface area contributed by atoms with Crippen molar-refractivity contribution >= 4 is 17.2 Å². The third-order valence-corrected chi connectivity index (χ3v) is 5.21. The van der Waals surface area contributed by atoms with Gasteiger partial charge in [-0.15, -0.1) is 11.3 Å². The van der Waals surface area contributed by atoms with Crippen LogP contribution in [0.15, 0.2) is 30.5 Å². The van der Waals surface area contributed by atoms with Gasteiger partial charge in [0, 0.05) is 11.1 Å². The largest absolute Gasteiger partial charge is 0.382 e. The van der Waals surface area contributed by atoms with Crippen LogP contribution in [-0.4, -0.2) is 15.2 Å². The van der Waals surface area contributed by atoms with Crippen molar-refractivity contribution in [2.24, 2.45) is 0 Å². The Hall–Kier alpha value is -2.14. The monoisotopic (exact) mass is 296 g/mol. The Kier molecular flexibility index (Phi) is 3.00. The molecule has 0 saturated heterocycles. The molecule has 1 aliphatic carbocycles. The summed E-state index contributed by atoms with van der Waals surface area (Å²) < 4.78 is 0. The number of hydrogen-bond donors (Lipinski definition) is 2. The molecule has 0 saturated carbocycles. The number of fused-ring (bicyclic) bond motifs is 1. The van der Waals surface area contributed by atoms with E-state index in [2.05, 4.69) is 21.2 Å². The van der Waals surface area contributed by atoms with E-state index in [4.69, 9.17) is 5.73 Å². The van der Waals surface area contributed by atoms with E-state index in [0.29, 0.717) is 5.82 Å². The van der Waals surface area contributed by atoms with Crippen molar-refractivity contribution < 1.29 is 0 Å². The molecule has 0 bridgehead atoms. The lowest BCUT2D eigenvalue weighted by atomic mass is 9.99. The molecule has 0 radical (unpaired) electrons. The molecule has 5 heteroatoms. The second kappa shape index (κ2) is 5.00. The number of nitrogen functional groups attached to an aromatic ring is 1. The summed E-state index contributed by atoms with van der Waals surface area (Å²) in [4.78, 5) is 7.14. The van der Waals surface area contributed by atoms with Gasteiger partial charge in [-0.3, -0.25) is 10.1 Å². The van der Waals surface area contributed by atoms with Gasteiger partial charge in [0.25, 0.3) is 0 Å². The standard InChI is InChI=1S/C16H16N4S/c17-16-14(11-6-3-4-8-18-11)15(19-20-16)13-9-10-5-1-2-7-12(10)21-13/h3-4,6,8-9H,1-2,5,7H2,(H3,17,19,20). The number of aromatic amines is 1. The first-order chi connectivity index (χ1) is 10.3. The van der Waals surface area contributed by atoms with E-state index in [-0.39, 0.29) is 0 Å². The van der Waals surface area contributed by atoms with Crippen LogP contribution in [0, 0.1) is 0 Å². The summed E-state index contributed by atoms with van der Waals surface area (Å²) >= 11 is 1.86. The lowest BCUT2D eigenvalue weighted by molar-refractivity contribution is 0.697. The molecule has 4 nitrogen and oxygen atoms in total. The summed E-state index contributed by atoms with van der Waals surface area (Å²) in [7, 11) is 0. The van der Waals surface area contributed by atoms with Gasteiger partial charge in [0.05, 0.1) is 21.8 Å². The van der Waals surface area contributed by atoms with Crippen molar-refractivity contribution in [1.29, 1.82) is 0 Å². The number of hydrogen-bond acceptors (Lipinski definition) is 4. The van der Waals surface area contributed by atoms with Crippen LogP contribution in [0.4, 0.5) is 5.82 Å². The Morgan fingerprint density at radius 2 is 2.10 bits per heavy atom. The fraction of sp³-hybridized carbons (Fsp3) is 0.250. The van der Waals surface area contributed by atoms with Crippen molar-refractivity contribution in [3.05, 3.63) is 40.9 Å². The minimum atomic E-state index is 0.509. The highest BCUT2D eigenvalue weighted by atomic mass is 32.1. The number of aromatic nitrogens is 3. The molecule has 21 heavy (non-hydrogen) atoms. The lowest BCUT2D eigenvalue weighted by Crippen LogP contribution is -1.96. The molecule has 0 spiro atoms. The van der Waals surface area contributed by atoms with Gasteiger partial charge in [0.15, 0.2) is 5.82 Å². The predicted molar refractivity (Wildman–Crippen MR) is 86.2 cm³/mol. The zero-order valence-electron chi connectivity index (χ0n) is 11.6. The molecule has 106 valence electrons. The first-order valence-electron chi connectivity index (χ1n) is 7.20. The Balaban J connectivity index is 1.85. The van der Waals surface area contributed by atoms with E-state index in [0.717, 1.165) is 17.0 Å².